The number of allylic oxidation sites excluding steroid dienone is 5. The third kappa shape index (κ3) is 6.44. The number of hydrogen-bond acceptors (Lipinski definition) is 8. The Labute approximate surface area is 224 Å². The number of anilines is 2. The maximum Gasteiger partial charge on any atom is 0.273 e. The van der Waals surface area contributed by atoms with Crippen LogP contribution in [-0.4, -0.2) is 26.1 Å². The molecule has 4 rings (SSSR count). The molecular weight excluding hydrogens is 508 g/mol. The predicted octanol–water partition coefficient (Wildman–Crippen LogP) is 5.98. The van der Waals surface area contributed by atoms with Gasteiger partial charge in [0, 0.05) is 23.0 Å². The second-order valence-electron chi connectivity index (χ2n) is 7.61. The van der Waals surface area contributed by atoms with Gasteiger partial charge < -0.3 is 16.2 Å². The molecule has 3 heterocycles. The van der Waals surface area contributed by atoms with Crippen LogP contribution in [0.2, 0.25) is 5.02 Å². The van der Waals surface area contributed by atoms with Crippen molar-refractivity contribution in [2.75, 3.05) is 18.1 Å². The van der Waals surface area contributed by atoms with Gasteiger partial charge in [0.05, 0.1) is 28.3 Å². The number of halogens is 1. The summed E-state index contributed by atoms with van der Waals surface area (Å²) in [5, 5.41) is 4.34. The summed E-state index contributed by atoms with van der Waals surface area (Å²) in [6.45, 7) is 10.3. The van der Waals surface area contributed by atoms with Crippen molar-refractivity contribution in [1.82, 2.24) is 19.5 Å². The molecule has 37 heavy (non-hydrogen) atoms. The van der Waals surface area contributed by atoms with Crippen LogP contribution < -0.4 is 21.8 Å². The quantitative estimate of drug-likeness (QED) is 0.278. The standard InChI is InChI=1S/C18H18ClNO.C9H11N5OS/c1-4-7-10-14(5-2)20-15(6-3)12-13-9-8-11-16(19)17(13)18(20)21;1-2-15-9-13-6(4-16-9)5-3-12-8(11)14-7(5)10/h4-5,7-12H,2,6H2,1,3H3;3-4H,2H2,1H3,(H4,10,11,12,14)/b7-4-,14-10+;. The molecular formula is C27H29ClN6O2S. The molecule has 10 heteroatoms. The van der Waals surface area contributed by atoms with Crippen molar-refractivity contribution in [2.45, 2.75) is 27.2 Å². The van der Waals surface area contributed by atoms with Gasteiger partial charge in [-0.2, -0.15) is 4.98 Å². The minimum Gasteiger partial charge on any atom is -0.470 e. The SMILES string of the molecule is C=C/C(=C\C=C/C)n1c(CC)cc2cccc(Cl)c2c1=O.CCOc1nc(-c2cnc(N)nc2N)cs1. The molecule has 0 aliphatic heterocycles. The van der Waals surface area contributed by atoms with Crippen LogP contribution in [0.4, 0.5) is 11.8 Å². The number of ether oxygens (including phenoxy) is 1. The lowest BCUT2D eigenvalue weighted by atomic mass is 10.1. The number of aryl methyl sites for hydroxylation is 1. The van der Waals surface area contributed by atoms with Gasteiger partial charge in [-0.15, -0.1) is 0 Å². The summed E-state index contributed by atoms with van der Waals surface area (Å²) in [7, 11) is 0. The first-order chi connectivity index (χ1) is 17.8. The molecule has 3 aromatic heterocycles. The number of aromatic nitrogens is 4. The van der Waals surface area contributed by atoms with E-state index < -0.39 is 0 Å². The van der Waals surface area contributed by atoms with E-state index in [4.69, 9.17) is 27.8 Å². The van der Waals surface area contributed by atoms with Crippen molar-refractivity contribution in [3.63, 3.8) is 0 Å². The normalized spacial score (nSPS) is 11.4. The van der Waals surface area contributed by atoms with Gasteiger partial charge in [-0.05, 0) is 49.9 Å². The Balaban J connectivity index is 0.000000213. The van der Waals surface area contributed by atoms with Gasteiger partial charge in [-0.25, -0.2) is 9.97 Å². The van der Waals surface area contributed by atoms with Crippen LogP contribution in [-0.2, 0) is 6.42 Å². The fourth-order valence-electron chi connectivity index (χ4n) is 3.52. The van der Waals surface area contributed by atoms with Gasteiger partial charge in [0.25, 0.3) is 10.8 Å². The summed E-state index contributed by atoms with van der Waals surface area (Å²) < 4.78 is 6.95. The van der Waals surface area contributed by atoms with E-state index in [1.165, 1.54) is 11.3 Å². The van der Waals surface area contributed by atoms with E-state index in [9.17, 15) is 4.79 Å². The lowest BCUT2D eigenvalue weighted by molar-refractivity contribution is 0.338. The number of pyridine rings is 1. The number of hydrogen-bond donors (Lipinski definition) is 2. The van der Waals surface area contributed by atoms with E-state index in [0.29, 0.717) is 39.3 Å². The van der Waals surface area contributed by atoms with Crippen LogP contribution in [0.15, 0.2) is 71.5 Å². The maximum absolute atomic E-state index is 12.9. The van der Waals surface area contributed by atoms with Crippen LogP contribution in [0.25, 0.3) is 27.7 Å². The van der Waals surface area contributed by atoms with Crippen molar-refractivity contribution >= 4 is 51.2 Å². The zero-order valence-electron chi connectivity index (χ0n) is 20.9. The fourth-order valence-corrected chi connectivity index (χ4v) is 4.51. The molecule has 0 unspecified atom stereocenters. The number of benzene rings is 1. The van der Waals surface area contributed by atoms with Gasteiger partial charge in [0.15, 0.2) is 0 Å². The predicted molar refractivity (Wildman–Crippen MR) is 155 cm³/mol. The topological polar surface area (TPSA) is 122 Å². The number of thiazole rings is 1. The molecule has 0 amide bonds. The lowest BCUT2D eigenvalue weighted by Crippen LogP contribution is -2.22. The molecule has 0 radical (unpaired) electrons. The second-order valence-corrected chi connectivity index (χ2v) is 8.84. The third-order valence-corrected chi connectivity index (χ3v) is 6.29. The highest BCUT2D eigenvalue weighted by molar-refractivity contribution is 7.11. The molecule has 0 fully saturated rings. The zero-order valence-corrected chi connectivity index (χ0v) is 22.5. The Bertz CT molecular complexity index is 1520. The van der Waals surface area contributed by atoms with E-state index in [-0.39, 0.29) is 11.5 Å². The van der Waals surface area contributed by atoms with E-state index in [0.717, 1.165) is 23.2 Å². The van der Waals surface area contributed by atoms with Crippen LogP contribution in [0.1, 0.15) is 26.5 Å². The highest BCUT2D eigenvalue weighted by Gasteiger charge is 2.12. The Morgan fingerprint density at radius 1 is 1.27 bits per heavy atom. The van der Waals surface area contributed by atoms with Crippen molar-refractivity contribution in [2.24, 2.45) is 0 Å². The van der Waals surface area contributed by atoms with Crippen LogP contribution >= 0.6 is 22.9 Å². The molecule has 4 N–H and O–H groups in total. The van der Waals surface area contributed by atoms with E-state index >= 15 is 0 Å². The highest BCUT2D eigenvalue weighted by Crippen LogP contribution is 2.29. The Kier molecular flexibility index (Phi) is 9.59. The Morgan fingerprint density at radius 3 is 2.70 bits per heavy atom. The van der Waals surface area contributed by atoms with Gasteiger partial charge in [-0.1, -0.05) is 60.7 Å². The Hall–Kier alpha value is -3.95. The lowest BCUT2D eigenvalue weighted by Gasteiger charge is -2.14. The largest absolute Gasteiger partial charge is 0.470 e. The first kappa shape index (κ1) is 27.6. The minimum atomic E-state index is -0.106. The van der Waals surface area contributed by atoms with Gasteiger partial charge in [0.2, 0.25) is 5.95 Å². The first-order valence-electron chi connectivity index (χ1n) is 11.6. The van der Waals surface area contributed by atoms with Crippen molar-refractivity contribution in [3.8, 4) is 16.5 Å². The minimum absolute atomic E-state index is 0.106. The van der Waals surface area contributed by atoms with Crippen LogP contribution in [0.3, 0.4) is 0 Å². The number of fused-ring (bicyclic) bond motifs is 1. The van der Waals surface area contributed by atoms with E-state index in [1.54, 1.807) is 22.9 Å². The van der Waals surface area contributed by atoms with Gasteiger partial charge >= 0.3 is 0 Å². The number of nitrogens with zero attached hydrogens (tertiary/aromatic N) is 4. The van der Waals surface area contributed by atoms with E-state index in [2.05, 4.69) is 21.5 Å². The smallest absolute Gasteiger partial charge is 0.273 e. The van der Waals surface area contributed by atoms with Crippen molar-refractivity contribution in [3.05, 3.63) is 87.8 Å². The molecule has 4 aromatic rings. The summed E-state index contributed by atoms with van der Waals surface area (Å²) in [6.07, 6.45) is 9.66. The molecule has 192 valence electrons. The van der Waals surface area contributed by atoms with E-state index in [1.807, 2.05) is 62.6 Å². The molecule has 0 spiro atoms. The molecule has 0 bridgehead atoms. The highest BCUT2D eigenvalue weighted by atomic mass is 35.5. The number of rotatable bonds is 7. The second kappa shape index (κ2) is 12.8. The monoisotopic (exact) mass is 536 g/mol. The number of nitrogen functional groups attached to an aromatic ring is 2. The molecule has 0 aliphatic carbocycles. The van der Waals surface area contributed by atoms with Gasteiger partial charge in [0.1, 0.15) is 5.82 Å². The average molecular weight is 537 g/mol. The average Bonchev–Trinajstić information content (AvgIpc) is 3.34. The zero-order chi connectivity index (χ0) is 26.9. The summed E-state index contributed by atoms with van der Waals surface area (Å²) in [4.78, 5) is 24.9. The Morgan fingerprint density at radius 2 is 2.05 bits per heavy atom. The molecule has 0 atom stereocenters. The molecule has 0 aliphatic rings. The van der Waals surface area contributed by atoms with Crippen molar-refractivity contribution < 1.29 is 4.74 Å². The maximum atomic E-state index is 12.9. The number of nitrogens with two attached hydrogens (primary N) is 2. The molecule has 8 nitrogen and oxygen atoms in total. The fraction of sp³-hybridized carbons (Fsp3) is 0.185. The van der Waals surface area contributed by atoms with Gasteiger partial charge in [-0.3, -0.25) is 9.36 Å². The summed E-state index contributed by atoms with van der Waals surface area (Å²) in [6, 6.07) is 7.52. The molecule has 1 aromatic carbocycles. The summed E-state index contributed by atoms with van der Waals surface area (Å²) in [5.41, 5.74) is 14.1. The van der Waals surface area contributed by atoms with Crippen LogP contribution in [0, 0.1) is 0 Å². The molecule has 0 saturated carbocycles. The summed E-state index contributed by atoms with van der Waals surface area (Å²) >= 11 is 7.62. The van der Waals surface area contributed by atoms with Crippen molar-refractivity contribution in [1.29, 1.82) is 0 Å². The molecule has 0 saturated heterocycles. The summed E-state index contributed by atoms with van der Waals surface area (Å²) in [5.74, 6) is 0.474. The van der Waals surface area contributed by atoms with Crippen LogP contribution in [0.5, 0.6) is 5.19 Å². The first-order valence-corrected chi connectivity index (χ1v) is 12.9. The third-order valence-electron chi connectivity index (χ3n) is 5.22.